The van der Waals surface area contributed by atoms with Crippen LogP contribution >= 0.6 is 24.0 Å². The minimum Gasteiger partial charge on any atom is -0.366 e. The van der Waals surface area contributed by atoms with Crippen molar-refractivity contribution in [2.75, 3.05) is 38.1 Å². The van der Waals surface area contributed by atoms with Gasteiger partial charge in [-0.2, -0.15) is 0 Å². The van der Waals surface area contributed by atoms with Crippen LogP contribution in [0.4, 0.5) is 10.1 Å². The molecule has 1 aliphatic rings. The molecule has 8 heteroatoms. The number of primary amides is 1. The molecule has 3 N–H and O–H groups in total. The summed E-state index contributed by atoms with van der Waals surface area (Å²) in [5, 5.41) is 3.32. The number of anilines is 1. The van der Waals surface area contributed by atoms with E-state index in [9.17, 15) is 9.18 Å². The highest BCUT2D eigenvalue weighted by Gasteiger charge is 2.21. The van der Waals surface area contributed by atoms with E-state index < -0.39 is 5.91 Å². The van der Waals surface area contributed by atoms with E-state index in [2.05, 4.69) is 20.1 Å². The fourth-order valence-electron chi connectivity index (χ4n) is 3.22. The summed E-state index contributed by atoms with van der Waals surface area (Å²) in [5.74, 6) is 0.154. The molecule has 1 fully saturated rings. The van der Waals surface area contributed by atoms with Crippen LogP contribution in [0.2, 0.25) is 0 Å². The lowest BCUT2D eigenvalue weighted by atomic mass is 10.1. The number of benzene rings is 2. The zero-order chi connectivity index (χ0) is 19.2. The summed E-state index contributed by atoms with van der Waals surface area (Å²) in [6, 6.07) is 14.1. The van der Waals surface area contributed by atoms with Crippen LogP contribution < -0.4 is 16.0 Å². The van der Waals surface area contributed by atoms with Gasteiger partial charge in [0.1, 0.15) is 5.82 Å². The van der Waals surface area contributed by atoms with Gasteiger partial charge in [0.15, 0.2) is 5.96 Å². The lowest BCUT2D eigenvalue weighted by Crippen LogP contribution is -2.52. The van der Waals surface area contributed by atoms with Crippen molar-refractivity contribution < 1.29 is 9.18 Å². The van der Waals surface area contributed by atoms with Gasteiger partial charge >= 0.3 is 0 Å². The highest BCUT2D eigenvalue weighted by molar-refractivity contribution is 14.0. The summed E-state index contributed by atoms with van der Waals surface area (Å²) in [4.78, 5) is 19.9. The van der Waals surface area contributed by atoms with E-state index in [1.807, 2.05) is 24.3 Å². The van der Waals surface area contributed by atoms with Crippen LogP contribution in [0.15, 0.2) is 53.5 Å². The van der Waals surface area contributed by atoms with Gasteiger partial charge in [-0.15, -0.1) is 24.0 Å². The monoisotopic (exact) mass is 497 g/mol. The van der Waals surface area contributed by atoms with E-state index in [-0.39, 0.29) is 29.8 Å². The number of nitrogens with zero attached hydrogens (tertiary/aromatic N) is 3. The predicted octanol–water partition coefficient (Wildman–Crippen LogP) is 2.44. The molecule has 2 aromatic carbocycles. The average molecular weight is 497 g/mol. The first kappa shape index (κ1) is 21.9. The number of nitrogens with one attached hydrogen (secondary N) is 1. The highest BCUT2D eigenvalue weighted by Crippen LogP contribution is 2.20. The van der Waals surface area contributed by atoms with Gasteiger partial charge in [-0.1, -0.05) is 24.3 Å². The standard InChI is InChI=1S/C20H24FN5O.HI/c1-23-20(24-14-15-5-4-6-16(13-15)19(22)27)26-11-9-25(10-12-26)18-8-3-2-7-17(18)21;/h2-8,13H,9-12,14H2,1H3,(H2,22,27)(H,23,24);1H. The number of amides is 1. The molecule has 2 aromatic rings. The first-order valence-corrected chi connectivity index (χ1v) is 8.92. The van der Waals surface area contributed by atoms with Gasteiger partial charge in [0.2, 0.25) is 5.91 Å². The molecule has 1 amide bonds. The molecule has 0 unspecified atom stereocenters. The van der Waals surface area contributed by atoms with E-state index in [0.29, 0.717) is 17.8 Å². The second-order valence-corrected chi connectivity index (χ2v) is 6.39. The van der Waals surface area contributed by atoms with Crippen LogP contribution in [0.3, 0.4) is 0 Å². The van der Waals surface area contributed by atoms with Crippen LogP contribution in [0.1, 0.15) is 15.9 Å². The van der Waals surface area contributed by atoms with Crippen molar-refractivity contribution >= 4 is 41.5 Å². The molecule has 28 heavy (non-hydrogen) atoms. The first-order valence-electron chi connectivity index (χ1n) is 8.92. The molecule has 0 spiro atoms. The van der Waals surface area contributed by atoms with E-state index in [4.69, 9.17) is 5.73 Å². The van der Waals surface area contributed by atoms with Gasteiger partial charge in [0.05, 0.1) is 5.69 Å². The van der Waals surface area contributed by atoms with Crippen molar-refractivity contribution in [1.29, 1.82) is 0 Å². The van der Waals surface area contributed by atoms with Crippen LogP contribution in [0.25, 0.3) is 0 Å². The number of rotatable bonds is 4. The van der Waals surface area contributed by atoms with Crippen molar-refractivity contribution in [2.45, 2.75) is 6.54 Å². The summed E-state index contributed by atoms with van der Waals surface area (Å²) in [7, 11) is 1.74. The molecule has 0 bridgehead atoms. The molecule has 0 radical (unpaired) electrons. The molecule has 150 valence electrons. The summed E-state index contributed by atoms with van der Waals surface area (Å²) >= 11 is 0. The Hall–Kier alpha value is -2.36. The second kappa shape index (κ2) is 10.3. The fourth-order valence-corrected chi connectivity index (χ4v) is 3.22. The Labute approximate surface area is 181 Å². The third-order valence-corrected chi connectivity index (χ3v) is 4.65. The van der Waals surface area contributed by atoms with Gasteiger partial charge in [0.25, 0.3) is 0 Å². The van der Waals surface area contributed by atoms with Crippen LogP contribution in [-0.4, -0.2) is 50.0 Å². The van der Waals surface area contributed by atoms with E-state index in [0.717, 1.165) is 37.7 Å². The van der Waals surface area contributed by atoms with E-state index in [1.165, 1.54) is 6.07 Å². The third kappa shape index (κ3) is 5.34. The molecule has 0 aromatic heterocycles. The molecule has 1 aliphatic heterocycles. The Morgan fingerprint density at radius 2 is 1.86 bits per heavy atom. The zero-order valence-corrected chi connectivity index (χ0v) is 18.1. The van der Waals surface area contributed by atoms with Gasteiger partial charge in [-0.3, -0.25) is 9.79 Å². The topological polar surface area (TPSA) is 74.0 Å². The van der Waals surface area contributed by atoms with Crippen molar-refractivity contribution in [1.82, 2.24) is 10.2 Å². The van der Waals surface area contributed by atoms with Crippen LogP contribution in [-0.2, 0) is 6.54 Å². The Kier molecular flexibility index (Phi) is 8.04. The van der Waals surface area contributed by atoms with Gasteiger partial charge in [-0.05, 0) is 29.8 Å². The van der Waals surface area contributed by atoms with Crippen molar-refractivity contribution in [3.63, 3.8) is 0 Å². The summed E-state index contributed by atoms with van der Waals surface area (Å²) in [6.45, 7) is 3.48. The largest absolute Gasteiger partial charge is 0.366 e. The zero-order valence-electron chi connectivity index (χ0n) is 15.8. The number of carbonyl (C=O) groups excluding carboxylic acids is 1. The Balaban J connectivity index is 0.00000280. The molecule has 1 heterocycles. The van der Waals surface area contributed by atoms with E-state index in [1.54, 1.807) is 25.2 Å². The maximum atomic E-state index is 14.0. The summed E-state index contributed by atoms with van der Waals surface area (Å²) < 4.78 is 14.0. The number of aliphatic imine (C=N–C) groups is 1. The maximum absolute atomic E-state index is 14.0. The molecular formula is C20H25FIN5O. The summed E-state index contributed by atoms with van der Waals surface area (Å²) in [5.41, 5.74) is 7.42. The number of carbonyl (C=O) groups is 1. The van der Waals surface area contributed by atoms with Gasteiger partial charge < -0.3 is 20.9 Å². The smallest absolute Gasteiger partial charge is 0.248 e. The van der Waals surface area contributed by atoms with Crippen LogP contribution in [0.5, 0.6) is 0 Å². The quantitative estimate of drug-likeness (QED) is 0.387. The van der Waals surface area contributed by atoms with Gasteiger partial charge in [0, 0.05) is 45.3 Å². The van der Waals surface area contributed by atoms with Gasteiger partial charge in [-0.25, -0.2) is 4.39 Å². The number of guanidine groups is 1. The number of halogens is 2. The third-order valence-electron chi connectivity index (χ3n) is 4.65. The molecule has 0 saturated carbocycles. The minimum absolute atomic E-state index is 0. The number of para-hydroxylation sites is 1. The summed E-state index contributed by atoms with van der Waals surface area (Å²) in [6.07, 6.45) is 0. The number of hydrogen-bond donors (Lipinski definition) is 2. The average Bonchev–Trinajstić information content (AvgIpc) is 2.69. The number of hydrogen-bond acceptors (Lipinski definition) is 3. The first-order chi connectivity index (χ1) is 13.1. The van der Waals surface area contributed by atoms with Crippen LogP contribution in [0, 0.1) is 5.82 Å². The fraction of sp³-hybridized carbons (Fsp3) is 0.300. The number of piperazine rings is 1. The highest BCUT2D eigenvalue weighted by atomic mass is 127. The minimum atomic E-state index is -0.439. The Bertz CT molecular complexity index is 837. The molecular weight excluding hydrogens is 472 g/mol. The Morgan fingerprint density at radius 3 is 2.50 bits per heavy atom. The maximum Gasteiger partial charge on any atom is 0.248 e. The molecule has 3 rings (SSSR count). The lowest BCUT2D eigenvalue weighted by Gasteiger charge is -2.37. The normalized spacial score (nSPS) is 14.4. The molecule has 0 aliphatic carbocycles. The SMILES string of the molecule is CN=C(NCc1cccc(C(N)=O)c1)N1CCN(c2ccccc2F)CC1.I. The van der Waals surface area contributed by atoms with E-state index >= 15 is 0 Å². The number of nitrogens with two attached hydrogens (primary N) is 1. The van der Waals surface area contributed by atoms with Crippen molar-refractivity contribution in [3.05, 3.63) is 65.5 Å². The molecule has 1 saturated heterocycles. The predicted molar refractivity (Wildman–Crippen MR) is 121 cm³/mol. The van der Waals surface area contributed by atoms with Crippen molar-refractivity contribution in [3.8, 4) is 0 Å². The molecule has 6 nitrogen and oxygen atoms in total. The molecule has 0 atom stereocenters. The Morgan fingerprint density at radius 1 is 1.14 bits per heavy atom. The lowest BCUT2D eigenvalue weighted by molar-refractivity contribution is 0.1000. The second-order valence-electron chi connectivity index (χ2n) is 6.39. The van der Waals surface area contributed by atoms with Crippen molar-refractivity contribution in [2.24, 2.45) is 10.7 Å².